The smallest absolute Gasteiger partial charge is 0.305 e. The lowest BCUT2D eigenvalue weighted by molar-refractivity contribution is -0.141. The van der Waals surface area contributed by atoms with Crippen LogP contribution in [-0.2, 0) is 97.5 Å². The molecule has 0 bridgehead atoms. The van der Waals surface area contributed by atoms with E-state index < -0.39 is 246 Å². The maximum absolute atomic E-state index is 15.0. The van der Waals surface area contributed by atoms with E-state index in [9.17, 15) is 96.5 Å². The van der Waals surface area contributed by atoms with E-state index in [1.54, 1.807) is 84.0 Å². The van der Waals surface area contributed by atoms with E-state index in [1.807, 2.05) is 0 Å². The summed E-state index contributed by atoms with van der Waals surface area (Å²) in [5.74, 6) is -21.2. The molecule has 15 atom stereocenters. The Morgan fingerprint density at radius 1 is 0.642 bits per heavy atom. The van der Waals surface area contributed by atoms with Gasteiger partial charge in [0.25, 0.3) is 0 Å². The number of hydrogen-bond acceptors (Lipinski definition) is 20. The zero-order chi connectivity index (χ0) is 90.1. The number of guanidine groups is 1. The number of carbonyl (C=O) groups is 19. The van der Waals surface area contributed by atoms with Gasteiger partial charge in [-0.05, 0) is 134 Å². The maximum atomic E-state index is 15.0. The van der Waals surface area contributed by atoms with E-state index in [-0.39, 0.29) is 103 Å². The van der Waals surface area contributed by atoms with Crippen LogP contribution in [0, 0.1) is 17.8 Å². The molecule has 1 fully saturated rings. The third-order valence-electron chi connectivity index (χ3n) is 20.2. The zero-order valence-corrected chi connectivity index (χ0v) is 70.0. The number of carboxylic acid groups (broad SMARTS) is 2. The first kappa shape index (κ1) is 102. The fraction of sp³-hybridized carbons (Fsp3) is 0.620. The lowest BCUT2D eigenvalue weighted by atomic mass is 9.91. The minimum absolute atomic E-state index is 0.0113. The van der Waals surface area contributed by atoms with Crippen molar-refractivity contribution < 1.29 is 101 Å². The highest BCUT2D eigenvalue weighted by atomic mass is 16.4. The fourth-order valence-electron chi connectivity index (χ4n) is 12.8. The van der Waals surface area contributed by atoms with Gasteiger partial charge in [0.2, 0.25) is 100 Å². The topological polar surface area (TPSA) is 648 Å². The molecule has 1 aromatic rings. The molecule has 17 amide bonds. The molecule has 0 aliphatic carbocycles. The third-order valence-corrected chi connectivity index (χ3v) is 20.2. The number of nitrogens with zero attached hydrogens (tertiary/aromatic N) is 1. The largest absolute Gasteiger partial charge is 0.481 e. The summed E-state index contributed by atoms with van der Waals surface area (Å²) >= 11 is 0. The number of hydrogen-bond donors (Lipinski definition) is 21. The van der Waals surface area contributed by atoms with Gasteiger partial charge in [-0.1, -0.05) is 103 Å². The Morgan fingerprint density at radius 3 is 1.83 bits per heavy atom. The predicted molar refractivity (Wildman–Crippen MR) is 437 cm³/mol. The first-order valence-electron chi connectivity index (χ1n) is 40.3. The highest BCUT2D eigenvalue weighted by Crippen LogP contribution is 2.21. The Kier molecular flexibility index (Phi) is 43.6. The molecular formula is C79H124N20O21. The van der Waals surface area contributed by atoms with E-state index in [2.05, 4.69) is 96.6 Å². The number of nitrogens with one attached hydrogen (secondary N) is 16. The minimum atomic E-state index is -1.97. The van der Waals surface area contributed by atoms with Crippen LogP contribution in [0.3, 0.4) is 0 Å². The molecule has 1 saturated heterocycles. The lowest BCUT2D eigenvalue weighted by Gasteiger charge is -2.33. The molecule has 0 aromatic heterocycles. The average Bonchev–Trinajstić information content (AvgIpc) is 0.840. The Bertz CT molecular complexity index is 3860. The second-order valence-electron chi connectivity index (χ2n) is 31.0. The van der Waals surface area contributed by atoms with Gasteiger partial charge in [0.05, 0.1) is 19.4 Å². The second-order valence-corrected chi connectivity index (χ2v) is 31.0. The van der Waals surface area contributed by atoms with Gasteiger partial charge in [0.15, 0.2) is 5.96 Å². The quantitative estimate of drug-likeness (QED) is 0.0109. The van der Waals surface area contributed by atoms with E-state index >= 15 is 4.79 Å². The summed E-state index contributed by atoms with van der Waals surface area (Å²) < 4.78 is 0. The molecule has 120 heavy (non-hydrogen) atoms. The Morgan fingerprint density at radius 2 is 1.24 bits per heavy atom. The van der Waals surface area contributed by atoms with Crippen LogP contribution in [-0.4, -0.2) is 232 Å². The van der Waals surface area contributed by atoms with E-state index in [4.69, 9.17) is 17.2 Å². The molecule has 1 aromatic carbocycles. The molecule has 24 N–H and O–H groups in total. The Labute approximate surface area is 697 Å². The van der Waals surface area contributed by atoms with Crippen LogP contribution in [0.25, 0.3) is 0 Å². The van der Waals surface area contributed by atoms with Crippen LogP contribution >= 0.6 is 0 Å². The lowest BCUT2D eigenvalue weighted by Crippen LogP contribution is -2.65. The first-order valence-corrected chi connectivity index (χ1v) is 40.3. The number of primary amides is 1. The van der Waals surface area contributed by atoms with E-state index in [0.29, 0.717) is 18.4 Å². The average molecular weight is 1690 g/mol. The molecule has 2 aliphatic rings. The third kappa shape index (κ3) is 36.4. The maximum Gasteiger partial charge on any atom is 0.305 e. The van der Waals surface area contributed by atoms with Crippen molar-refractivity contribution in [3.63, 3.8) is 0 Å². The predicted octanol–water partition coefficient (Wildman–Crippen LogP) is -3.61. The van der Waals surface area contributed by atoms with Gasteiger partial charge in [0.1, 0.15) is 77.5 Å². The monoisotopic (exact) mass is 1690 g/mol. The van der Waals surface area contributed by atoms with Crippen molar-refractivity contribution in [2.75, 3.05) is 26.2 Å². The number of aliphatic imine (C=N–C) groups is 1. The van der Waals surface area contributed by atoms with Crippen LogP contribution in [0.1, 0.15) is 190 Å². The van der Waals surface area contributed by atoms with Crippen molar-refractivity contribution in [2.24, 2.45) is 39.9 Å². The van der Waals surface area contributed by atoms with Crippen molar-refractivity contribution in [2.45, 2.75) is 269 Å². The summed E-state index contributed by atoms with van der Waals surface area (Å²) in [4.78, 5) is 267. The van der Waals surface area contributed by atoms with Gasteiger partial charge in [-0.2, -0.15) is 0 Å². The van der Waals surface area contributed by atoms with Gasteiger partial charge >= 0.3 is 11.9 Å². The molecule has 41 heteroatoms. The number of rotatable bonds is 32. The number of carbonyl (C=O) groups excluding carboxylic acids is 17. The van der Waals surface area contributed by atoms with Crippen LogP contribution in [0.2, 0.25) is 0 Å². The molecule has 0 saturated carbocycles. The highest BCUT2D eigenvalue weighted by Gasteiger charge is 2.43. The molecule has 2 aliphatic heterocycles. The van der Waals surface area contributed by atoms with Crippen molar-refractivity contribution in [3.8, 4) is 0 Å². The van der Waals surface area contributed by atoms with Gasteiger partial charge < -0.3 is 112 Å². The Balaban J connectivity index is 2.10. The molecule has 2 heterocycles. The second kappa shape index (κ2) is 51.3. The van der Waals surface area contributed by atoms with Crippen molar-refractivity contribution >= 4 is 118 Å². The number of carboxylic acids is 2. The summed E-state index contributed by atoms with van der Waals surface area (Å²) in [6.07, 6.45) is 2.02. The number of benzene rings is 1. The number of aliphatic carboxylic acids is 2. The molecule has 1 unspecified atom stereocenters. The molecule has 0 radical (unpaired) electrons. The summed E-state index contributed by atoms with van der Waals surface area (Å²) in [7, 11) is 0. The van der Waals surface area contributed by atoms with Crippen LogP contribution in [0.15, 0.2) is 60.1 Å². The van der Waals surface area contributed by atoms with Gasteiger partial charge in [-0.25, -0.2) is 0 Å². The number of allylic oxidation sites excluding steroid dienone is 2. The number of amides is 17. The SMILES string of the molecule is C=CC(=O)NCC1NC(=O)[C@@](C)(NC(C)=O)CCC/C=C/CCC[C@@](C)(C(=O)N[C@@H](CCC(=O)O)C(=O)N[C@@H](CC(C)C)C(=O)N[C@@H](CCCN=C(N)N)C(=O)N[C@H]2CCCCNC(=O)C[C@@H](C(=O)N[C@@H](Cc3ccccc3)C(N)=O)NC(=O)[C@H](CC(=O)O)NC(=O)CNC(=O)[C@H]([C@@H](C)CC)NC2=O)NC(=O)[C@H](C)NC(=O)[C@H]([C@@H](C)CC)NC1=O. The van der Waals surface area contributed by atoms with Gasteiger partial charge in [-0.3, -0.25) is 96.1 Å². The molecule has 3 rings (SSSR count). The summed E-state index contributed by atoms with van der Waals surface area (Å²) in [5.41, 5.74) is 13.9. The van der Waals surface area contributed by atoms with Crippen molar-refractivity contribution in [1.29, 1.82) is 0 Å². The first-order chi connectivity index (χ1) is 56.5. The minimum Gasteiger partial charge on any atom is -0.481 e. The normalized spacial score (nSPS) is 23.8. The molecule has 41 nitrogen and oxygen atoms in total. The molecular weight excluding hydrogens is 1560 g/mol. The number of nitrogens with two attached hydrogens (primary N) is 3. The van der Waals surface area contributed by atoms with Crippen LogP contribution < -0.4 is 102 Å². The van der Waals surface area contributed by atoms with E-state index in [0.717, 1.165) is 6.08 Å². The zero-order valence-electron chi connectivity index (χ0n) is 70.0. The molecule has 666 valence electrons. The van der Waals surface area contributed by atoms with E-state index in [1.165, 1.54) is 27.7 Å². The van der Waals surface area contributed by atoms with Crippen LogP contribution in [0.4, 0.5) is 0 Å². The fourth-order valence-corrected chi connectivity index (χ4v) is 12.8. The summed E-state index contributed by atoms with van der Waals surface area (Å²) in [6, 6.07) is -9.12. The molecule has 0 spiro atoms. The Hall–Kier alpha value is -12.1. The van der Waals surface area contributed by atoms with Crippen molar-refractivity contribution in [3.05, 3.63) is 60.7 Å². The summed E-state index contributed by atoms with van der Waals surface area (Å²) in [5, 5.41) is 60.5. The highest BCUT2D eigenvalue weighted by molar-refractivity contribution is 6.02. The van der Waals surface area contributed by atoms with Crippen molar-refractivity contribution in [1.82, 2.24) is 85.1 Å². The van der Waals surface area contributed by atoms with Gasteiger partial charge in [-0.15, -0.1) is 0 Å². The van der Waals surface area contributed by atoms with Crippen LogP contribution in [0.5, 0.6) is 0 Å². The standard InChI is InChI=1S/C79H124N20O21/c1-12-44(6)62-73(117)86-42-59(103)88-55(40-61(106)107)71(115)93-54(70(114)91-52(64(80)108)38-48-27-20-19-21-28-48)39-58(102)83-35-25-22-29-49(68(112)96-62)89-66(110)50(30-26-36-84-77(81)82)90-69(113)53(37-43(4)5)92-67(111)51(31-32-60(104)105)94-76(120)79(11)34-24-18-16-15-17-23-33-78(10,98-47(9)100)75(119)95-56(41-85-57(101)14-3)72(116)97-63(45(7)13-2)74(118)87-46(8)65(109)99-79/h14-16,19-21,27-28,43-46,49-56,62-63H,3,12-13,17-18,22-26,29-42H2,1-2,4-11H3,(H2,80,108)(H,83,102)(H,85,101)(H,86,117)(H,87,118)(H,88,103)(H,89,110)(H,90,113)(H,91,114)(H,92,111)(H,93,115)(H,94,120)(H,95,119)(H,96,112)(H,97,116)(H,98,100)(H,99,109)(H,104,105)(H,106,107)(H4,81,82,84)/b16-15+/t44-,45-,46-,49-,50-,51-,52-,53-,54-,55-,56?,62-,63-,78-,79-/m0/s1. The van der Waals surface area contributed by atoms with Gasteiger partial charge in [0, 0.05) is 39.4 Å². The summed E-state index contributed by atoms with van der Waals surface area (Å²) in [6.45, 7) is 17.0.